The quantitative estimate of drug-likeness (QED) is 0.654. The third-order valence-electron chi connectivity index (χ3n) is 2.57. The number of rotatable bonds is 8. The summed E-state index contributed by atoms with van der Waals surface area (Å²) < 4.78 is 4.67. The first-order valence-corrected chi connectivity index (χ1v) is 7.49. The number of nitrogens with one attached hydrogen (secondary N) is 2. The van der Waals surface area contributed by atoms with Crippen molar-refractivity contribution in [2.24, 2.45) is 5.92 Å². The van der Waals surface area contributed by atoms with Gasteiger partial charge >= 0.3 is 5.97 Å². The molecule has 122 valence electrons. The van der Waals surface area contributed by atoms with E-state index in [9.17, 15) is 14.4 Å². The van der Waals surface area contributed by atoms with E-state index >= 15 is 0 Å². The van der Waals surface area contributed by atoms with Crippen LogP contribution in [0.3, 0.4) is 0 Å². The Kier molecular flexibility index (Phi) is 6.93. The molecule has 0 spiro atoms. The average molecular weight is 329 g/mol. The Morgan fingerprint density at radius 3 is 2.64 bits per heavy atom. The van der Waals surface area contributed by atoms with Crippen LogP contribution in [0.2, 0.25) is 0 Å². The third kappa shape index (κ3) is 5.78. The molecule has 1 heterocycles. The average Bonchev–Trinajstić information content (AvgIpc) is 2.86. The van der Waals surface area contributed by atoms with Crippen LogP contribution in [0.4, 0.5) is 5.13 Å². The molecule has 0 aliphatic heterocycles. The van der Waals surface area contributed by atoms with E-state index in [-0.39, 0.29) is 29.3 Å². The fourth-order valence-corrected chi connectivity index (χ4v) is 2.35. The Hall–Kier alpha value is -2.00. The summed E-state index contributed by atoms with van der Waals surface area (Å²) in [5.41, 5.74) is 0.0627. The van der Waals surface area contributed by atoms with Crippen LogP contribution in [0.25, 0.3) is 0 Å². The molecule has 0 fully saturated rings. The van der Waals surface area contributed by atoms with E-state index in [0.717, 1.165) is 11.3 Å². The van der Waals surface area contributed by atoms with Gasteiger partial charge in [-0.05, 0) is 12.3 Å². The minimum Gasteiger partial charge on any atom is -0.480 e. The summed E-state index contributed by atoms with van der Waals surface area (Å²) in [6.45, 7) is 3.62. The molecule has 0 saturated heterocycles. The van der Waals surface area contributed by atoms with Crippen LogP contribution in [0.1, 0.15) is 30.8 Å². The highest BCUT2D eigenvalue weighted by Gasteiger charge is 2.23. The standard InChI is InChI=1S/C13H19N3O5S/c1-7(2)4-8(12(19)20)14-11(18)9-6-22-13(15-9)16-10(17)5-21-3/h6-8H,4-5H2,1-3H3,(H,14,18)(H,19,20)(H,15,16,17). The van der Waals surface area contributed by atoms with Crippen molar-refractivity contribution in [3.8, 4) is 0 Å². The lowest BCUT2D eigenvalue weighted by Crippen LogP contribution is -2.41. The van der Waals surface area contributed by atoms with Gasteiger partial charge in [0.25, 0.3) is 11.8 Å². The topological polar surface area (TPSA) is 118 Å². The fourth-order valence-electron chi connectivity index (χ4n) is 1.65. The van der Waals surface area contributed by atoms with Gasteiger partial charge in [0, 0.05) is 12.5 Å². The van der Waals surface area contributed by atoms with Crippen LogP contribution in [0.15, 0.2) is 5.38 Å². The number of nitrogens with zero attached hydrogens (tertiary/aromatic N) is 1. The van der Waals surface area contributed by atoms with Crippen molar-refractivity contribution in [3.63, 3.8) is 0 Å². The van der Waals surface area contributed by atoms with E-state index < -0.39 is 17.9 Å². The van der Waals surface area contributed by atoms with Crippen molar-refractivity contribution in [2.75, 3.05) is 19.0 Å². The summed E-state index contributed by atoms with van der Waals surface area (Å²) in [7, 11) is 1.39. The predicted molar refractivity (Wildman–Crippen MR) is 81.0 cm³/mol. The number of methoxy groups -OCH3 is 1. The lowest BCUT2D eigenvalue weighted by atomic mass is 10.0. The van der Waals surface area contributed by atoms with E-state index in [4.69, 9.17) is 5.11 Å². The number of carbonyl (C=O) groups excluding carboxylic acids is 2. The minimum absolute atomic E-state index is 0.0627. The zero-order valence-corrected chi connectivity index (χ0v) is 13.4. The molecule has 1 aromatic rings. The highest BCUT2D eigenvalue weighted by atomic mass is 32.1. The normalized spacial score (nSPS) is 12.0. The Bertz CT molecular complexity index is 544. The molecular weight excluding hydrogens is 310 g/mol. The van der Waals surface area contributed by atoms with Crippen LogP contribution in [0.5, 0.6) is 0 Å². The molecule has 0 aromatic carbocycles. The van der Waals surface area contributed by atoms with E-state index in [1.54, 1.807) is 0 Å². The van der Waals surface area contributed by atoms with Gasteiger partial charge in [0.1, 0.15) is 18.3 Å². The van der Waals surface area contributed by atoms with Gasteiger partial charge in [-0.2, -0.15) is 0 Å². The van der Waals surface area contributed by atoms with Crippen molar-refractivity contribution >= 4 is 34.3 Å². The second kappa shape index (κ2) is 8.44. The number of hydrogen-bond acceptors (Lipinski definition) is 6. The second-order valence-corrected chi connectivity index (χ2v) is 5.87. The number of carboxylic acid groups (broad SMARTS) is 1. The molecule has 22 heavy (non-hydrogen) atoms. The van der Waals surface area contributed by atoms with Crippen LogP contribution in [0, 0.1) is 5.92 Å². The van der Waals surface area contributed by atoms with Crippen LogP contribution >= 0.6 is 11.3 Å². The van der Waals surface area contributed by atoms with Crippen molar-refractivity contribution in [2.45, 2.75) is 26.3 Å². The highest BCUT2D eigenvalue weighted by molar-refractivity contribution is 7.14. The summed E-state index contributed by atoms with van der Waals surface area (Å²) in [6.07, 6.45) is 0.322. The fraction of sp³-hybridized carbons (Fsp3) is 0.538. The third-order valence-corrected chi connectivity index (χ3v) is 3.33. The maximum Gasteiger partial charge on any atom is 0.326 e. The van der Waals surface area contributed by atoms with Gasteiger partial charge in [0.2, 0.25) is 0 Å². The molecule has 2 amide bonds. The molecule has 9 heteroatoms. The molecular formula is C13H19N3O5S. The Morgan fingerprint density at radius 2 is 2.09 bits per heavy atom. The molecule has 3 N–H and O–H groups in total. The molecule has 0 aliphatic carbocycles. The number of carbonyl (C=O) groups is 3. The van der Waals surface area contributed by atoms with Gasteiger partial charge in [-0.15, -0.1) is 11.3 Å². The van der Waals surface area contributed by atoms with E-state index in [1.165, 1.54) is 12.5 Å². The molecule has 1 aromatic heterocycles. The minimum atomic E-state index is -1.09. The number of ether oxygens (including phenoxy) is 1. The van der Waals surface area contributed by atoms with Crippen molar-refractivity contribution in [1.82, 2.24) is 10.3 Å². The number of aliphatic carboxylic acids is 1. The maximum atomic E-state index is 12.0. The number of amides is 2. The summed E-state index contributed by atoms with van der Waals surface area (Å²) >= 11 is 1.07. The van der Waals surface area contributed by atoms with Crippen molar-refractivity contribution in [1.29, 1.82) is 0 Å². The largest absolute Gasteiger partial charge is 0.480 e. The zero-order valence-electron chi connectivity index (χ0n) is 12.6. The Morgan fingerprint density at radius 1 is 1.41 bits per heavy atom. The maximum absolute atomic E-state index is 12.0. The van der Waals surface area contributed by atoms with Crippen molar-refractivity contribution in [3.05, 3.63) is 11.1 Å². The molecule has 1 atom stereocenters. The Labute approximate surface area is 131 Å². The van der Waals surface area contributed by atoms with E-state index in [0.29, 0.717) is 6.42 Å². The van der Waals surface area contributed by atoms with Crippen molar-refractivity contribution < 1.29 is 24.2 Å². The number of thiazole rings is 1. The van der Waals surface area contributed by atoms with E-state index in [1.807, 2.05) is 13.8 Å². The highest BCUT2D eigenvalue weighted by Crippen LogP contribution is 2.16. The van der Waals surface area contributed by atoms with E-state index in [2.05, 4.69) is 20.4 Å². The number of carboxylic acids is 1. The van der Waals surface area contributed by atoms with Crippen LogP contribution in [-0.2, 0) is 14.3 Å². The van der Waals surface area contributed by atoms with Crippen LogP contribution in [-0.4, -0.2) is 47.6 Å². The first-order valence-electron chi connectivity index (χ1n) is 6.61. The lowest BCUT2D eigenvalue weighted by molar-refractivity contribution is -0.139. The molecule has 0 bridgehead atoms. The lowest BCUT2D eigenvalue weighted by Gasteiger charge is -2.15. The summed E-state index contributed by atoms with van der Waals surface area (Å²) in [5.74, 6) is -1.94. The predicted octanol–water partition coefficient (Wildman–Crippen LogP) is 0.957. The van der Waals surface area contributed by atoms with Gasteiger partial charge in [0.15, 0.2) is 5.13 Å². The number of aromatic nitrogens is 1. The number of anilines is 1. The molecule has 0 saturated carbocycles. The summed E-state index contributed by atoms with van der Waals surface area (Å²) in [4.78, 5) is 38.4. The number of hydrogen-bond donors (Lipinski definition) is 3. The molecule has 1 rings (SSSR count). The van der Waals surface area contributed by atoms with Gasteiger partial charge in [-0.1, -0.05) is 13.8 Å². The summed E-state index contributed by atoms with van der Waals surface area (Å²) in [5, 5.41) is 15.7. The van der Waals surface area contributed by atoms with Gasteiger partial charge in [0.05, 0.1) is 0 Å². The molecule has 8 nitrogen and oxygen atoms in total. The zero-order chi connectivity index (χ0) is 16.7. The molecule has 1 unspecified atom stereocenters. The molecule has 0 aliphatic rings. The first-order chi connectivity index (χ1) is 10.3. The SMILES string of the molecule is COCC(=O)Nc1nc(C(=O)NC(CC(C)C)C(=O)O)cs1. The Balaban J connectivity index is 2.67. The summed E-state index contributed by atoms with van der Waals surface area (Å²) in [6, 6.07) is -0.972. The van der Waals surface area contributed by atoms with Gasteiger partial charge < -0.3 is 15.2 Å². The monoisotopic (exact) mass is 329 g/mol. The smallest absolute Gasteiger partial charge is 0.326 e. The van der Waals surface area contributed by atoms with Crippen LogP contribution < -0.4 is 10.6 Å². The van der Waals surface area contributed by atoms with Gasteiger partial charge in [-0.25, -0.2) is 9.78 Å². The first kappa shape index (κ1) is 18.1. The molecule has 0 radical (unpaired) electrons. The second-order valence-electron chi connectivity index (χ2n) is 5.01. The van der Waals surface area contributed by atoms with Gasteiger partial charge in [-0.3, -0.25) is 14.9 Å².